The van der Waals surface area contributed by atoms with Gasteiger partial charge in [0.1, 0.15) is 11.2 Å². The highest BCUT2D eigenvalue weighted by molar-refractivity contribution is 5.99. The van der Waals surface area contributed by atoms with Gasteiger partial charge in [0.15, 0.2) is 0 Å². The Balaban J connectivity index is 1.25. The Morgan fingerprint density at radius 2 is 1.74 bits per heavy atom. The summed E-state index contributed by atoms with van der Waals surface area (Å²) >= 11 is 0. The first-order valence-electron chi connectivity index (χ1n) is 12.9. The topological polar surface area (TPSA) is 108 Å². The SMILES string of the molecule is C=C(Nc1cncc(-c2ccc3[nH]nc(-c4cc5c(-c6ccncc6)nccc5[nH]4)c3n2)c1)C1CCCC1. The summed E-state index contributed by atoms with van der Waals surface area (Å²) < 4.78 is 0. The van der Waals surface area contributed by atoms with Gasteiger partial charge < -0.3 is 10.3 Å². The fraction of sp³-hybridized carbons (Fsp3) is 0.167. The van der Waals surface area contributed by atoms with Crippen molar-refractivity contribution in [2.75, 3.05) is 5.32 Å². The normalized spacial score (nSPS) is 13.9. The molecule has 0 radical (unpaired) electrons. The van der Waals surface area contributed by atoms with Gasteiger partial charge in [-0.3, -0.25) is 20.1 Å². The molecule has 1 fully saturated rings. The van der Waals surface area contributed by atoms with E-state index >= 15 is 0 Å². The molecule has 6 heterocycles. The van der Waals surface area contributed by atoms with Gasteiger partial charge in [-0.25, -0.2) is 4.98 Å². The molecule has 186 valence electrons. The van der Waals surface area contributed by atoms with Crippen LogP contribution in [0, 0.1) is 5.92 Å². The molecule has 6 aromatic rings. The summed E-state index contributed by atoms with van der Waals surface area (Å²) in [6.07, 6.45) is 14.0. The second-order valence-corrected chi connectivity index (χ2v) is 9.80. The van der Waals surface area contributed by atoms with E-state index in [1.165, 1.54) is 25.7 Å². The molecule has 0 spiro atoms. The average molecular weight is 499 g/mol. The van der Waals surface area contributed by atoms with Gasteiger partial charge in [-0.1, -0.05) is 19.4 Å². The molecule has 8 heteroatoms. The van der Waals surface area contributed by atoms with Crippen LogP contribution in [0.4, 0.5) is 5.69 Å². The molecular formula is C30H26N8. The minimum absolute atomic E-state index is 0.534. The predicted octanol–water partition coefficient (Wildman–Crippen LogP) is 6.74. The van der Waals surface area contributed by atoms with E-state index in [2.05, 4.69) is 54.2 Å². The van der Waals surface area contributed by atoms with Crippen LogP contribution in [0.3, 0.4) is 0 Å². The van der Waals surface area contributed by atoms with Crippen LogP contribution in [0.15, 0.2) is 85.7 Å². The van der Waals surface area contributed by atoms with Gasteiger partial charge in [0, 0.05) is 52.5 Å². The summed E-state index contributed by atoms with van der Waals surface area (Å²) in [6.45, 7) is 4.28. The van der Waals surface area contributed by atoms with Gasteiger partial charge in [-0.2, -0.15) is 5.10 Å². The molecule has 3 N–H and O–H groups in total. The van der Waals surface area contributed by atoms with Crippen LogP contribution in [0.1, 0.15) is 25.7 Å². The van der Waals surface area contributed by atoms with Gasteiger partial charge in [-0.15, -0.1) is 0 Å². The number of anilines is 1. The van der Waals surface area contributed by atoms with E-state index in [0.717, 1.165) is 67.2 Å². The minimum atomic E-state index is 0.534. The Kier molecular flexibility index (Phi) is 5.43. The number of hydrogen-bond acceptors (Lipinski definition) is 6. The molecule has 0 aliphatic heterocycles. The third kappa shape index (κ3) is 4.00. The summed E-state index contributed by atoms with van der Waals surface area (Å²) in [5.41, 5.74) is 9.96. The third-order valence-corrected chi connectivity index (χ3v) is 7.35. The fourth-order valence-electron chi connectivity index (χ4n) is 5.38. The second-order valence-electron chi connectivity index (χ2n) is 9.80. The highest BCUT2D eigenvalue weighted by atomic mass is 15.1. The highest BCUT2D eigenvalue weighted by Crippen LogP contribution is 2.34. The van der Waals surface area contributed by atoms with Gasteiger partial charge in [0.2, 0.25) is 0 Å². The lowest BCUT2D eigenvalue weighted by atomic mass is 10.0. The van der Waals surface area contributed by atoms with Crippen LogP contribution in [-0.2, 0) is 0 Å². The molecule has 8 nitrogen and oxygen atoms in total. The van der Waals surface area contributed by atoms with Crippen molar-refractivity contribution in [2.45, 2.75) is 25.7 Å². The molecule has 0 saturated heterocycles. The van der Waals surface area contributed by atoms with Crippen LogP contribution in [0.25, 0.3) is 55.8 Å². The summed E-state index contributed by atoms with van der Waals surface area (Å²) in [4.78, 5) is 21.7. The summed E-state index contributed by atoms with van der Waals surface area (Å²) in [5.74, 6) is 0.534. The van der Waals surface area contributed by atoms with E-state index in [9.17, 15) is 0 Å². The van der Waals surface area contributed by atoms with Crippen molar-refractivity contribution in [1.82, 2.24) is 35.1 Å². The van der Waals surface area contributed by atoms with E-state index in [-0.39, 0.29) is 0 Å². The zero-order valence-corrected chi connectivity index (χ0v) is 20.8. The Bertz CT molecular complexity index is 1780. The number of rotatable bonds is 6. The molecule has 38 heavy (non-hydrogen) atoms. The van der Waals surface area contributed by atoms with Crippen LogP contribution < -0.4 is 5.32 Å². The van der Waals surface area contributed by atoms with Crippen molar-refractivity contribution in [3.63, 3.8) is 0 Å². The molecule has 0 aromatic carbocycles. The number of H-pyrrole nitrogens is 2. The largest absolute Gasteiger partial charge is 0.358 e. The standard InChI is InChI=1S/C30H26N8/c1-18(19-4-2-3-5-19)34-22-14-21(16-32-17-22)24-6-7-26-29(36-24)30(38-37-26)27-15-23-25(35-27)10-13-33-28(23)20-8-11-31-12-9-20/h6-17,19,34-35H,1-5H2,(H,37,38). The maximum atomic E-state index is 5.00. The van der Waals surface area contributed by atoms with Crippen LogP contribution in [0.5, 0.6) is 0 Å². The summed E-state index contributed by atoms with van der Waals surface area (Å²) in [7, 11) is 0. The lowest BCUT2D eigenvalue weighted by Gasteiger charge is -2.15. The number of aromatic amines is 2. The molecule has 1 aliphatic carbocycles. The van der Waals surface area contributed by atoms with Gasteiger partial charge in [-0.05, 0) is 61.2 Å². The molecule has 6 aromatic heterocycles. The van der Waals surface area contributed by atoms with E-state index in [0.29, 0.717) is 5.92 Å². The number of hydrogen-bond donors (Lipinski definition) is 3. The van der Waals surface area contributed by atoms with E-state index in [1.54, 1.807) is 12.4 Å². The number of fused-ring (bicyclic) bond motifs is 2. The smallest absolute Gasteiger partial charge is 0.135 e. The number of nitrogens with zero attached hydrogens (tertiary/aromatic N) is 5. The molecule has 1 aliphatic rings. The zero-order chi connectivity index (χ0) is 25.5. The van der Waals surface area contributed by atoms with Crippen molar-refractivity contribution >= 4 is 27.6 Å². The second kappa shape index (κ2) is 9.23. The summed E-state index contributed by atoms with van der Waals surface area (Å²) in [5, 5.41) is 12.2. The molecule has 1 saturated carbocycles. The lowest BCUT2D eigenvalue weighted by Crippen LogP contribution is -2.07. The van der Waals surface area contributed by atoms with E-state index < -0.39 is 0 Å². The van der Waals surface area contributed by atoms with Crippen molar-refractivity contribution in [3.8, 4) is 33.9 Å². The maximum Gasteiger partial charge on any atom is 0.135 e. The Hall–Kier alpha value is -4.85. The highest BCUT2D eigenvalue weighted by Gasteiger charge is 2.19. The summed E-state index contributed by atoms with van der Waals surface area (Å²) in [6, 6.07) is 14.1. The molecule has 0 atom stereocenters. The van der Waals surface area contributed by atoms with Crippen molar-refractivity contribution in [1.29, 1.82) is 0 Å². The Morgan fingerprint density at radius 1 is 0.868 bits per heavy atom. The van der Waals surface area contributed by atoms with E-state index in [4.69, 9.17) is 4.98 Å². The van der Waals surface area contributed by atoms with Gasteiger partial charge in [0.05, 0.1) is 34.5 Å². The quantitative estimate of drug-likeness (QED) is 0.235. The number of allylic oxidation sites excluding steroid dienone is 1. The van der Waals surface area contributed by atoms with Crippen molar-refractivity contribution in [3.05, 3.63) is 85.7 Å². The number of pyridine rings is 4. The Labute approximate surface area is 219 Å². The Morgan fingerprint density at radius 3 is 2.61 bits per heavy atom. The van der Waals surface area contributed by atoms with Gasteiger partial charge in [0.25, 0.3) is 0 Å². The van der Waals surface area contributed by atoms with Gasteiger partial charge >= 0.3 is 0 Å². The molecule has 0 amide bonds. The van der Waals surface area contributed by atoms with Crippen LogP contribution in [-0.4, -0.2) is 35.1 Å². The van der Waals surface area contributed by atoms with Crippen LogP contribution >= 0.6 is 0 Å². The van der Waals surface area contributed by atoms with E-state index in [1.807, 2.05) is 48.9 Å². The minimum Gasteiger partial charge on any atom is -0.358 e. The average Bonchev–Trinajstić information content (AvgIpc) is 3.73. The molecule has 0 bridgehead atoms. The number of nitrogens with one attached hydrogen (secondary N) is 3. The monoisotopic (exact) mass is 498 g/mol. The zero-order valence-electron chi connectivity index (χ0n) is 20.8. The molecule has 7 rings (SSSR count). The molecular weight excluding hydrogens is 472 g/mol. The maximum absolute atomic E-state index is 5.00. The van der Waals surface area contributed by atoms with Crippen molar-refractivity contribution in [2.24, 2.45) is 5.92 Å². The first-order valence-corrected chi connectivity index (χ1v) is 12.9. The van der Waals surface area contributed by atoms with Crippen molar-refractivity contribution < 1.29 is 0 Å². The van der Waals surface area contributed by atoms with Crippen LogP contribution in [0.2, 0.25) is 0 Å². The predicted molar refractivity (Wildman–Crippen MR) is 150 cm³/mol. The number of aromatic nitrogens is 7. The fourth-order valence-corrected chi connectivity index (χ4v) is 5.38. The first kappa shape index (κ1) is 22.4. The lowest BCUT2D eigenvalue weighted by molar-refractivity contribution is 0.649. The first-order chi connectivity index (χ1) is 18.7. The molecule has 0 unspecified atom stereocenters. The third-order valence-electron chi connectivity index (χ3n) is 7.35.